The molecular formula is C13H16O5. The molecule has 98 valence electrons. The number of carboxylic acids is 1. The summed E-state index contributed by atoms with van der Waals surface area (Å²) < 4.78 is 10.1. The van der Waals surface area contributed by atoms with Crippen LogP contribution in [0.5, 0.6) is 0 Å². The number of carboxylic acid groups (broad SMARTS) is 1. The Kier molecular flexibility index (Phi) is 4.31. The standard InChI is InChI=1S/C13H16O5/c1-5-8(12(14)15)11-9(13(16)17-4)6-10(18-11)7(2)3/h5,10H,2,6H2,1,3-4H3,(H,14,15)/b8-5-. The van der Waals surface area contributed by atoms with Gasteiger partial charge in [0.15, 0.2) is 0 Å². The summed E-state index contributed by atoms with van der Waals surface area (Å²) in [4.78, 5) is 22.7. The molecule has 0 saturated heterocycles. The molecule has 0 aromatic carbocycles. The third-order valence-electron chi connectivity index (χ3n) is 2.67. The van der Waals surface area contributed by atoms with Gasteiger partial charge in [0.25, 0.3) is 0 Å². The minimum Gasteiger partial charge on any atom is -0.484 e. The van der Waals surface area contributed by atoms with Crippen molar-refractivity contribution in [2.24, 2.45) is 0 Å². The van der Waals surface area contributed by atoms with Crippen LogP contribution >= 0.6 is 0 Å². The molecule has 1 N–H and O–H groups in total. The highest BCUT2D eigenvalue weighted by Crippen LogP contribution is 2.33. The largest absolute Gasteiger partial charge is 0.484 e. The highest BCUT2D eigenvalue weighted by atomic mass is 16.5. The highest BCUT2D eigenvalue weighted by molar-refractivity contribution is 5.97. The number of carbonyl (C=O) groups excluding carboxylic acids is 1. The molecule has 0 bridgehead atoms. The van der Waals surface area contributed by atoms with Crippen LogP contribution in [-0.2, 0) is 19.1 Å². The summed E-state index contributed by atoms with van der Waals surface area (Å²) in [6.07, 6.45) is 1.28. The predicted octanol–water partition coefficient (Wildman–Crippen LogP) is 1.81. The van der Waals surface area contributed by atoms with E-state index in [4.69, 9.17) is 9.84 Å². The van der Waals surface area contributed by atoms with Crippen molar-refractivity contribution in [1.29, 1.82) is 0 Å². The summed E-state index contributed by atoms with van der Waals surface area (Å²) in [5, 5.41) is 9.07. The van der Waals surface area contributed by atoms with E-state index in [9.17, 15) is 9.59 Å². The minimum atomic E-state index is -1.14. The van der Waals surface area contributed by atoms with Gasteiger partial charge in [-0.05, 0) is 19.4 Å². The molecule has 18 heavy (non-hydrogen) atoms. The normalized spacial score (nSPS) is 19.5. The molecule has 0 aromatic heterocycles. The van der Waals surface area contributed by atoms with Crippen molar-refractivity contribution in [2.45, 2.75) is 26.4 Å². The molecule has 1 heterocycles. The maximum atomic E-state index is 11.6. The SMILES string of the molecule is C=C(C)C1CC(C(=O)OC)=C(/C(=C/C)C(=O)O)O1. The molecule has 0 saturated carbocycles. The van der Waals surface area contributed by atoms with Gasteiger partial charge in [-0.1, -0.05) is 12.7 Å². The van der Waals surface area contributed by atoms with Crippen molar-refractivity contribution < 1.29 is 24.2 Å². The number of ether oxygens (including phenoxy) is 2. The summed E-state index contributed by atoms with van der Waals surface area (Å²) in [6, 6.07) is 0. The first-order chi connectivity index (χ1) is 8.42. The van der Waals surface area contributed by atoms with E-state index in [0.717, 1.165) is 5.57 Å². The second kappa shape index (κ2) is 5.53. The lowest BCUT2D eigenvalue weighted by atomic mass is 10.0. The van der Waals surface area contributed by atoms with Gasteiger partial charge in [-0.3, -0.25) is 0 Å². The monoisotopic (exact) mass is 252 g/mol. The van der Waals surface area contributed by atoms with Crippen LogP contribution in [0.15, 0.2) is 35.1 Å². The van der Waals surface area contributed by atoms with E-state index in [0.29, 0.717) is 0 Å². The fourth-order valence-corrected chi connectivity index (χ4v) is 1.68. The average Bonchev–Trinajstić information content (AvgIpc) is 2.73. The van der Waals surface area contributed by atoms with E-state index >= 15 is 0 Å². The van der Waals surface area contributed by atoms with Crippen molar-refractivity contribution in [3.63, 3.8) is 0 Å². The molecule has 0 aromatic rings. The Labute approximate surface area is 105 Å². The van der Waals surface area contributed by atoms with Crippen LogP contribution < -0.4 is 0 Å². The number of carbonyl (C=O) groups is 2. The predicted molar refractivity (Wildman–Crippen MR) is 64.7 cm³/mol. The van der Waals surface area contributed by atoms with Gasteiger partial charge in [0.2, 0.25) is 0 Å². The van der Waals surface area contributed by atoms with E-state index in [1.807, 2.05) is 0 Å². The van der Waals surface area contributed by atoms with E-state index < -0.39 is 11.9 Å². The van der Waals surface area contributed by atoms with Gasteiger partial charge in [-0.2, -0.15) is 0 Å². The van der Waals surface area contributed by atoms with E-state index in [1.165, 1.54) is 13.2 Å². The van der Waals surface area contributed by atoms with Crippen LogP contribution in [0.1, 0.15) is 20.3 Å². The van der Waals surface area contributed by atoms with E-state index in [2.05, 4.69) is 11.3 Å². The maximum Gasteiger partial charge on any atom is 0.339 e. The van der Waals surface area contributed by atoms with Crippen LogP contribution in [0.3, 0.4) is 0 Å². The van der Waals surface area contributed by atoms with Crippen LogP contribution in [-0.4, -0.2) is 30.3 Å². The number of methoxy groups -OCH3 is 1. The molecule has 1 aliphatic rings. The number of esters is 1. The second-order valence-electron chi connectivity index (χ2n) is 3.96. The minimum absolute atomic E-state index is 0.0425. The Balaban J connectivity index is 3.19. The van der Waals surface area contributed by atoms with Crippen LogP contribution in [0.2, 0.25) is 0 Å². The first kappa shape index (κ1) is 14.0. The van der Waals surface area contributed by atoms with Crippen LogP contribution in [0.4, 0.5) is 0 Å². The molecule has 1 rings (SSSR count). The molecule has 0 aliphatic carbocycles. The maximum absolute atomic E-state index is 11.6. The zero-order valence-electron chi connectivity index (χ0n) is 10.6. The van der Waals surface area contributed by atoms with E-state index in [1.54, 1.807) is 13.8 Å². The number of hydrogen-bond acceptors (Lipinski definition) is 4. The Morgan fingerprint density at radius 2 is 2.17 bits per heavy atom. The van der Waals surface area contributed by atoms with Crippen molar-refractivity contribution in [1.82, 2.24) is 0 Å². The number of aliphatic carboxylic acids is 1. The van der Waals surface area contributed by atoms with Gasteiger partial charge in [-0.25, -0.2) is 9.59 Å². The topological polar surface area (TPSA) is 72.8 Å². The zero-order valence-corrected chi connectivity index (χ0v) is 10.6. The molecular weight excluding hydrogens is 236 g/mol. The van der Waals surface area contributed by atoms with Crippen molar-refractivity contribution in [2.75, 3.05) is 7.11 Å². The number of hydrogen-bond donors (Lipinski definition) is 1. The molecule has 0 radical (unpaired) electrons. The van der Waals surface area contributed by atoms with Crippen LogP contribution in [0, 0.1) is 0 Å². The summed E-state index contributed by atoms with van der Waals surface area (Å²) in [5.74, 6) is -1.64. The van der Waals surface area contributed by atoms with Gasteiger partial charge in [-0.15, -0.1) is 0 Å². The van der Waals surface area contributed by atoms with Gasteiger partial charge < -0.3 is 14.6 Å². The molecule has 1 atom stereocenters. The highest BCUT2D eigenvalue weighted by Gasteiger charge is 2.34. The van der Waals surface area contributed by atoms with Crippen molar-refractivity contribution in [3.8, 4) is 0 Å². The third-order valence-corrected chi connectivity index (χ3v) is 2.67. The summed E-state index contributed by atoms with van der Waals surface area (Å²) >= 11 is 0. The molecule has 5 nitrogen and oxygen atoms in total. The number of allylic oxidation sites excluding steroid dienone is 1. The lowest BCUT2D eigenvalue weighted by molar-refractivity contribution is -0.136. The molecule has 1 unspecified atom stereocenters. The van der Waals surface area contributed by atoms with Gasteiger partial charge in [0, 0.05) is 6.42 Å². The lowest BCUT2D eigenvalue weighted by Crippen LogP contribution is -2.10. The van der Waals surface area contributed by atoms with Crippen LogP contribution in [0.25, 0.3) is 0 Å². The molecule has 0 fully saturated rings. The lowest BCUT2D eigenvalue weighted by Gasteiger charge is -2.12. The molecule has 5 heteroatoms. The molecule has 1 aliphatic heterocycles. The summed E-state index contributed by atoms with van der Waals surface area (Å²) in [6.45, 7) is 7.09. The Morgan fingerprint density at radius 3 is 2.56 bits per heavy atom. The van der Waals surface area contributed by atoms with E-state index in [-0.39, 0.29) is 29.4 Å². The summed E-state index contributed by atoms with van der Waals surface area (Å²) in [5.41, 5.74) is 0.924. The van der Waals surface area contributed by atoms with Gasteiger partial charge in [0.1, 0.15) is 11.9 Å². The van der Waals surface area contributed by atoms with Crippen molar-refractivity contribution in [3.05, 3.63) is 35.1 Å². The Morgan fingerprint density at radius 1 is 1.56 bits per heavy atom. The first-order valence-electron chi connectivity index (χ1n) is 5.45. The number of rotatable bonds is 4. The third kappa shape index (κ3) is 2.61. The van der Waals surface area contributed by atoms with Crippen molar-refractivity contribution >= 4 is 11.9 Å². The second-order valence-corrected chi connectivity index (χ2v) is 3.96. The zero-order chi connectivity index (χ0) is 13.9. The Hall–Kier alpha value is -2.04. The molecule has 0 amide bonds. The average molecular weight is 252 g/mol. The Bertz CT molecular complexity index is 456. The van der Waals surface area contributed by atoms with Gasteiger partial charge >= 0.3 is 11.9 Å². The fraction of sp³-hybridized carbons (Fsp3) is 0.385. The smallest absolute Gasteiger partial charge is 0.339 e. The fourth-order valence-electron chi connectivity index (χ4n) is 1.68. The summed E-state index contributed by atoms with van der Waals surface area (Å²) in [7, 11) is 1.25. The first-order valence-corrected chi connectivity index (χ1v) is 5.45. The molecule has 0 spiro atoms. The van der Waals surface area contributed by atoms with Gasteiger partial charge in [0.05, 0.1) is 18.3 Å². The quantitative estimate of drug-likeness (QED) is 0.469.